The van der Waals surface area contributed by atoms with Crippen LogP contribution < -0.4 is 0 Å². The normalized spacial score (nSPS) is 11.8. The number of fused-ring (bicyclic) bond motifs is 1. The van der Waals surface area contributed by atoms with E-state index in [1.165, 1.54) is 4.68 Å². The summed E-state index contributed by atoms with van der Waals surface area (Å²) in [6.45, 7) is 7.37. The van der Waals surface area contributed by atoms with Crippen molar-refractivity contribution in [3.8, 4) is 0 Å². The Kier molecular flexibility index (Phi) is 3.19. The van der Waals surface area contributed by atoms with Crippen LogP contribution in [-0.4, -0.2) is 21.5 Å². The van der Waals surface area contributed by atoms with E-state index in [4.69, 9.17) is 4.74 Å². The van der Waals surface area contributed by atoms with Crippen molar-refractivity contribution in [3.05, 3.63) is 28.4 Å². The van der Waals surface area contributed by atoms with Crippen molar-refractivity contribution in [3.63, 3.8) is 0 Å². The van der Waals surface area contributed by atoms with Crippen LogP contribution in [0.2, 0.25) is 0 Å². The van der Waals surface area contributed by atoms with Gasteiger partial charge < -0.3 is 4.74 Å². The number of hydrogen-bond donors (Lipinski definition) is 0. The summed E-state index contributed by atoms with van der Waals surface area (Å²) in [5.41, 5.74) is 1.02. The molecule has 0 spiro atoms. The predicted octanol–water partition coefficient (Wildman–Crippen LogP) is 3.89. The average molecular weight is 311 g/mol. The van der Waals surface area contributed by atoms with E-state index in [0.717, 1.165) is 21.1 Å². The monoisotopic (exact) mass is 310 g/mol. The molecule has 0 amide bonds. The van der Waals surface area contributed by atoms with Gasteiger partial charge in [-0.05, 0) is 45.9 Å². The number of rotatable bonds is 0. The Bertz CT molecular complexity index is 611. The highest BCUT2D eigenvalue weighted by Gasteiger charge is 2.21. The van der Waals surface area contributed by atoms with Crippen LogP contribution in [-0.2, 0) is 4.74 Å². The van der Waals surface area contributed by atoms with Crippen molar-refractivity contribution >= 4 is 32.9 Å². The Hall–Kier alpha value is -1.36. The predicted molar refractivity (Wildman–Crippen MR) is 73.8 cm³/mol. The van der Waals surface area contributed by atoms with Gasteiger partial charge in [-0.25, -0.2) is 4.79 Å². The van der Waals surface area contributed by atoms with Crippen LogP contribution in [0, 0.1) is 6.92 Å². The molecule has 1 aromatic heterocycles. The Morgan fingerprint density at radius 3 is 2.67 bits per heavy atom. The van der Waals surface area contributed by atoms with Crippen molar-refractivity contribution in [1.82, 2.24) is 9.78 Å². The number of benzene rings is 1. The molecule has 0 radical (unpaired) electrons. The van der Waals surface area contributed by atoms with Crippen LogP contribution in [0.3, 0.4) is 0 Å². The van der Waals surface area contributed by atoms with Gasteiger partial charge in [0.15, 0.2) is 0 Å². The number of aromatic nitrogens is 2. The van der Waals surface area contributed by atoms with E-state index in [1.807, 2.05) is 45.9 Å². The van der Waals surface area contributed by atoms with Crippen LogP contribution in [0.4, 0.5) is 4.79 Å². The van der Waals surface area contributed by atoms with Crippen molar-refractivity contribution in [2.75, 3.05) is 0 Å². The summed E-state index contributed by atoms with van der Waals surface area (Å²) in [4.78, 5) is 12.1. The van der Waals surface area contributed by atoms with E-state index >= 15 is 0 Å². The van der Waals surface area contributed by atoms with Crippen LogP contribution >= 0.6 is 15.9 Å². The molecule has 2 rings (SSSR count). The number of hydrogen-bond acceptors (Lipinski definition) is 3. The summed E-state index contributed by atoms with van der Waals surface area (Å²) in [6.07, 6.45) is -0.460. The summed E-state index contributed by atoms with van der Waals surface area (Å²) < 4.78 is 7.54. The Labute approximate surface area is 114 Å². The molecule has 18 heavy (non-hydrogen) atoms. The quantitative estimate of drug-likeness (QED) is 0.741. The first-order chi connectivity index (χ1) is 8.28. The van der Waals surface area contributed by atoms with E-state index < -0.39 is 11.7 Å². The van der Waals surface area contributed by atoms with Crippen LogP contribution in [0.1, 0.15) is 26.5 Å². The SMILES string of the molecule is Cc1nn(C(=O)OC(C)(C)C)c2cc(Br)ccc12. The second-order valence-electron chi connectivity index (χ2n) is 5.14. The van der Waals surface area contributed by atoms with Gasteiger partial charge in [-0.2, -0.15) is 9.78 Å². The number of halogens is 1. The third-order valence-corrected chi connectivity index (χ3v) is 2.89. The summed E-state index contributed by atoms with van der Waals surface area (Å²) in [6, 6.07) is 5.72. The fraction of sp³-hybridized carbons (Fsp3) is 0.385. The maximum Gasteiger partial charge on any atom is 0.435 e. The molecule has 0 bridgehead atoms. The molecule has 0 aliphatic carbocycles. The third-order valence-electron chi connectivity index (χ3n) is 2.39. The number of carbonyl (C=O) groups is 1. The van der Waals surface area contributed by atoms with Crippen LogP contribution in [0.25, 0.3) is 10.9 Å². The molecule has 0 N–H and O–H groups in total. The molecule has 0 aliphatic rings. The largest absolute Gasteiger partial charge is 0.442 e. The molecular weight excluding hydrogens is 296 g/mol. The van der Waals surface area contributed by atoms with Crippen molar-refractivity contribution in [2.24, 2.45) is 0 Å². The lowest BCUT2D eigenvalue weighted by Crippen LogP contribution is -2.27. The van der Waals surface area contributed by atoms with Gasteiger partial charge >= 0.3 is 6.09 Å². The van der Waals surface area contributed by atoms with Crippen molar-refractivity contribution in [1.29, 1.82) is 0 Å². The third kappa shape index (κ3) is 2.56. The number of ether oxygens (including phenoxy) is 1. The minimum atomic E-state index is -0.532. The van der Waals surface area contributed by atoms with Crippen molar-refractivity contribution in [2.45, 2.75) is 33.3 Å². The standard InChI is InChI=1S/C13H15BrN2O2/c1-8-10-6-5-9(14)7-11(10)16(15-8)12(17)18-13(2,3)4/h5-7H,1-4H3. The van der Waals surface area contributed by atoms with Gasteiger partial charge in [0.1, 0.15) is 5.60 Å². The zero-order valence-corrected chi connectivity index (χ0v) is 12.4. The van der Waals surface area contributed by atoms with Crippen LogP contribution in [0.5, 0.6) is 0 Å². The second-order valence-corrected chi connectivity index (χ2v) is 6.05. The fourth-order valence-corrected chi connectivity index (χ4v) is 2.04. The maximum absolute atomic E-state index is 12.1. The van der Waals surface area contributed by atoms with E-state index in [0.29, 0.717) is 0 Å². The number of aryl methyl sites for hydroxylation is 1. The molecule has 0 saturated carbocycles. The average Bonchev–Trinajstić information content (AvgIpc) is 2.53. The van der Waals surface area contributed by atoms with Gasteiger partial charge in [0.05, 0.1) is 11.2 Å². The van der Waals surface area contributed by atoms with Crippen molar-refractivity contribution < 1.29 is 9.53 Å². The first kappa shape index (κ1) is 13.1. The first-order valence-corrected chi connectivity index (χ1v) is 6.45. The zero-order chi connectivity index (χ0) is 13.5. The Morgan fingerprint density at radius 2 is 2.06 bits per heavy atom. The van der Waals surface area contributed by atoms with E-state index in [2.05, 4.69) is 21.0 Å². The molecule has 0 aliphatic heterocycles. The van der Waals surface area contributed by atoms with Gasteiger partial charge in [-0.15, -0.1) is 0 Å². The molecular formula is C13H15BrN2O2. The second kappa shape index (κ2) is 4.39. The topological polar surface area (TPSA) is 44.1 Å². The lowest BCUT2D eigenvalue weighted by atomic mass is 10.2. The highest BCUT2D eigenvalue weighted by Crippen LogP contribution is 2.23. The summed E-state index contributed by atoms with van der Waals surface area (Å²) in [5, 5.41) is 5.18. The van der Waals surface area contributed by atoms with Gasteiger partial charge in [0.25, 0.3) is 0 Å². The minimum absolute atomic E-state index is 0.460. The number of carbonyl (C=O) groups excluding carboxylic acids is 1. The summed E-state index contributed by atoms with van der Waals surface area (Å²) >= 11 is 3.39. The molecule has 96 valence electrons. The zero-order valence-electron chi connectivity index (χ0n) is 10.8. The van der Waals surface area contributed by atoms with Crippen LogP contribution in [0.15, 0.2) is 22.7 Å². The molecule has 0 atom stereocenters. The molecule has 0 unspecified atom stereocenters. The highest BCUT2D eigenvalue weighted by molar-refractivity contribution is 9.10. The lowest BCUT2D eigenvalue weighted by Gasteiger charge is -2.19. The Balaban J connectivity index is 2.51. The maximum atomic E-state index is 12.1. The fourth-order valence-electron chi connectivity index (χ4n) is 1.69. The van der Waals surface area contributed by atoms with E-state index in [1.54, 1.807) is 0 Å². The summed E-state index contributed by atoms with van der Waals surface area (Å²) in [5.74, 6) is 0. The van der Waals surface area contributed by atoms with Gasteiger partial charge in [-0.1, -0.05) is 15.9 Å². The van der Waals surface area contributed by atoms with Gasteiger partial charge in [0.2, 0.25) is 0 Å². The minimum Gasteiger partial charge on any atom is -0.442 e. The molecule has 0 fully saturated rings. The molecule has 5 heteroatoms. The smallest absolute Gasteiger partial charge is 0.435 e. The van der Waals surface area contributed by atoms with Gasteiger partial charge in [-0.3, -0.25) is 0 Å². The van der Waals surface area contributed by atoms with Gasteiger partial charge in [0, 0.05) is 9.86 Å². The summed E-state index contributed by atoms with van der Waals surface area (Å²) in [7, 11) is 0. The highest BCUT2D eigenvalue weighted by atomic mass is 79.9. The number of nitrogens with zero attached hydrogens (tertiary/aromatic N) is 2. The molecule has 4 nitrogen and oxygen atoms in total. The Morgan fingerprint density at radius 1 is 1.39 bits per heavy atom. The first-order valence-electron chi connectivity index (χ1n) is 5.66. The lowest BCUT2D eigenvalue weighted by molar-refractivity contribution is 0.0522. The molecule has 2 aromatic rings. The molecule has 0 saturated heterocycles. The molecule has 1 heterocycles. The van der Waals surface area contributed by atoms with E-state index in [-0.39, 0.29) is 0 Å². The molecule has 1 aromatic carbocycles. The van der Waals surface area contributed by atoms with E-state index in [9.17, 15) is 4.79 Å².